The highest BCUT2D eigenvalue weighted by atomic mass is 32.1. The van der Waals surface area contributed by atoms with Gasteiger partial charge in [0.25, 0.3) is 0 Å². The lowest BCUT2D eigenvalue weighted by molar-refractivity contribution is 0.101. The number of carbonyl (C=O) groups is 1. The summed E-state index contributed by atoms with van der Waals surface area (Å²) in [5, 5.41) is 0.596. The zero-order valence-corrected chi connectivity index (χ0v) is 10.3. The molecule has 0 radical (unpaired) electrons. The largest absolute Gasteiger partial charge is 0.487 e. The third-order valence-corrected chi connectivity index (χ3v) is 3.32. The van der Waals surface area contributed by atoms with Crippen LogP contribution in [0.4, 0.5) is 5.00 Å². The van der Waals surface area contributed by atoms with Gasteiger partial charge in [0.15, 0.2) is 5.78 Å². The van der Waals surface area contributed by atoms with E-state index < -0.39 is 0 Å². The molecule has 0 aliphatic heterocycles. The van der Waals surface area contributed by atoms with Gasteiger partial charge in [-0.3, -0.25) is 4.79 Å². The Hall–Kier alpha value is -1.81. The molecule has 0 atom stereocenters. The van der Waals surface area contributed by atoms with Gasteiger partial charge in [0.1, 0.15) is 17.2 Å². The molecule has 1 aromatic carbocycles. The van der Waals surface area contributed by atoms with Crippen molar-refractivity contribution in [3.8, 4) is 5.75 Å². The zero-order chi connectivity index (χ0) is 12.3. The molecule has 1 heterocycles. The first-order chi connectivity index (χ1) is 8.16. The molecule has 0 bridgehead atoms. The van der Waals surface area contributed by atoms with Gasteiger partial charge in [0.2, 0.25) is 0 Å². The van der Waals surface area contributed by atoms with E-state index in [9.17, 15) is 4.79 Å². The van der Waals surface area contributed by atoms with Crippen molar-refractivity contribution in [3.63, 3.8) is 0 Å². The van der Waals surface area contributed by atoms with Crippen molar-refractivity contribution in [2.45, 2.75) is 13.5 Å². The Kier molecular flexibility index (Phi) is 3.44. The van der Waals surface area contributed by atoms with Crippen molar-refractivity contribution in [3.05, 3.63) is 46.8 Å². The lowest BCUT2D eigenvalue weighted by Gasteiger charge is -2.05. The Bertz CT molecular complexity index is 519. The average Bonchev–Trinajstić information content (AvgIpc) is 2.69. The molecular weight excluding hydrogens is 234 g/mol. The molecule has 4 heteroatoms. The molecule has 2 N–H and O–H groups in total. The van der Waals surface area contributed by atoms with Gasteiger partial charge in [0.05, 0.1) is 5.00 Å². The number of ketones is 1. The van der Waals surface area contributed by atoms with Crippen LogP contribution in [0.25, 0.3) is 0 Å². The molecule has 0 saturated heterocycles. The van der Waals surface area contributed by atoms with E-state index in [-0.39, 0.29) is 5.78 Å². The molecule has 0 amide bonds. The van der Waals surface area contributed by atoms with E-state index in [4.69, 9.17) is 10.5 Å². The third-order valence-electron chi connectivity index (χ3n) is 2.27. The number of carbonyl (C=O) groups excluding carboxylic acids is 1. The minimum atomic E-state index is -0.0187. The van der Waals surface area contributed by atoms with Crippen LogP contribution in [-0.2, 0) is 6.61 Å². The molecule has 0 aliphatic carbocycles. The molecule has 0 aliphatic rings. The van der Waals surface area contributed by atoms with Crippen LogP contribution in [0.3, 0.4) is 0 Å². The van der Waals surface area contributed by atoms with Gasteiger partial charge in [-0.25, -0.2) is 0 Å². The maximum atomic E-state index is 11.4. The molecule has 0 fully saturated rings. The molecule has 2 aromatic rings. The fourth-order valence-corrected chi connectivity index (χ4v) is 2.24. The van der Waals surface area contributed by atoms with Crippen molar-refractivity contribution < 1.29 is 9.53 Å². The Morgan fingerprint density at radius 2 is 2.06 bits per heavy atom. The Morgan fingerprint density at radius 1 is 1.35 bits per heavy atom. The predicted octanol–water partition coefficient (Wildman–Crippen LogP) is 3.11. The normalized spacial score (nSPS) is 10.2. The van der Waals surface area contributed by atoms with Gasteiger partial charge in [0, 0.05) is 13.0 Å². The van der Waals surface area contributed by atoms with Crippen molar-refractivity contribution in [2.24, 2.45) is 0 Å². The first-order valence-corrected chi connectivity index (χ1v) is 6.05. The molecule has 3 nitrogen and oxygen atoms in total. The number of ether oxygens (including phenoxy) is 1. The second-order valence-corrected chi connectivity index (χ2v) is 4.76. The molecule has 0 unspecified atom stereocenters. The minimum absolute atomic E-state index is 0.0187. The monoisotopic (exact) mass is 247 g/mol. The fraction of sp³-hybridized carbons (Fsp3) is 0.154. The number of benzene rings is 1. The van der Waals surface area contributed by atoms with Gasteiger partial charge in [-0.2, -0.15) is 0 Å². The molecule has 0 spiro atoms. The lowest BCUT2D eigenvalue weighted by Crippen LogP contribution is -1.98. The minimum Gasteiger partial charge on any atom is -0.487 e. The second-order valence-electron chi connectivity index (χ2n) is 3.67. The van der Waals surface area contributed by atoms with E-state index in [0.717, 1.165) is 5.56 Å². The molecule has 88 valence electrons. The lowest BCUT2D eigenvalue weighted by atomic mass is 10.2. The Balaban J connectivity index is 2.11. The zero-order valence-electron chi connectivity index (χ0n) is 9.47. The van der Waals surface area contributed by atoms with Gasteiger partial charge in [-0.1, -0.05) is 30.3 Å². The second kappa shape index (κ2) is 5.01. The van der Waals surface area contributed by atoms with Crippen LogP contribution in [0.2, 0.25) is 0 Å². The summed E-state index contributed by atoms with van der Waals surface area (Å²) < 4.78 is 5.61. The summed E-state index contributed by atoms with van der Waals surface area (Å²) in [6.07, 6.45) is 0. The Labute approximate surface area is 104 Å². The molecule has 1 aromatic heterocycles. The standard InChI is InChI=1S/C13H13NO2S/c1-9(15)13-11(7-12(14)17-13)16-8-10-5-3-2-4-6-10/h2-7H,8,14H2,1H3. The smallest absolute Gasteiger partial charge is 0.173 e. The number of hydrogen-bond acceptors (Lipinski definition) is 4. The first kappa shape index (κ1) is 11.7. The summed E-state index contributed by atoms with van der Waals surface area (Å²) in [4.78, 5) is 11.9. The predicted molar refractivity (Wildman–Crippen MR) is 69.5 cm³/mol. The highest BCUT2D eigenvalue weighted by Crippen LogP contribution is 2.32. The summed E-state index contributed by atoms with van der Waals surface area (Å²) in [6.45, 7) is 1.96. The van der Waals surface area contributed by atoms with E-state index in [1.54, 1.807) is 6.07 Å². The van der Waals surface area contributed by atoms with Gasteiger partial charge in [-0.05, 0) is 5.56 Å². The fourth-order valence-electron chi connectivity index (χ4n) is 1.48. The van der Waals surface area contributed by atoms with Gasteiger partial charge < -0.3 is 10.5 Å². The van der Waals surface area contributed by atoms with E-state index >= 15 is 0 Å². The maximum Gasteiger partial charge on any atom is 0.173 e. The Morgan fingerprint density at radius 3 is 2.71 bits per heavy atom. The van der Waals surface area contributed by atoms with Gasteiger partial charge in [-0.15, -0.1) is 11.3 Å². The highest BCUT2D eigenvalue weighted by Gasteiger charge is 2.12. The van der Waals surface area contributed by atoms with E-state index in [1.165, 1.54) is 18.3 Å². The van der Waals surface area contributed by atoms with Gasteiger partial charge >= 0.3 is 0 Å². The summed E-state index contributed by atoms with van der Waals surface area (Å²) in [5.41, 5.74) is 6.73. The summed E-state index contributed by atoms with van der Waals surface area (Å²) in [5.74, 6) is 0.554. The number of hydrogen-bond donors (Lipinski definition) is 1. The average molecular weight is 247 g/mol. The summed E-state index contributed by atoms with van der Waals surface area (Å²) in [7, 11) is 0. The number of rotatable bonds is 4. The number of nitrogen functional groups attached to an aromatic ring is 1. The summed E-state index contributed by atoms with van der Waals surface area (Å²) in [6, 6.07) is 11.5. The number of anilines is 1. The number of nitrogens with two attached hydrogens (primary N) is 1. The van der Waals surface area contributed by atoms with Crippen LogP contribution in [0.5, 0.6) is 5.75 Å². The first-order valence-electron chi connectivity index (χ1n) is 5.24. The topological polar surface area (TPSA) is 52.3 Å². The van der Waals surface area contributed by atoms with Crippen LogP contribution in [-0.4, -0.2) is 5.78 Å². The van der Waals surface area contributed by atoms with E-state index in [1.807, 2.05) is 30.3 Å². The summed E-state index contributed by atoms with van der Waals surface area (Å²) >= 11 is 1.26. The maximum absolute atomic E-state index is 11.4. The SMILES string of the molecule is CC(=O)c1sc(N)cc1OCc1ccccc1. The quantitative estimate of drug-likeness (QED) is 0.844. The van der Waals surface area contributed by atoms with Crippen molar-refractivity contribution in [1.29, 1.82) is 0 Å². The van der Waals surface area contributed by atoms with Crippen LogP contribution >= 0.6 is 11.3 Å². The van der Waals surface area contributed by atoms with Crippen LogP contribution in [0.15, 0.2) is 36.4 Å². The van der Waals surface area contributed by atoms with E-state index in [2.05, 4.69) is 0 Å². The molecular formula is C13H13NO2S. The van der Waals surface area contributed by atoms with E-state index in [0.29, 0.717) is 22.2 Å². The van der Waals surface area contributed by atoms with Crippen LogP contribution in [0.1, 0.15) is 22.2 Å². The molecule has 0 saturated carbocycles. The highest BCUT2D eigenvalue weighted by molar-refractivity contribution is 7.18. The number of thiophene rings is 1. The third kappa shape index (κ3) is 2.85. The molecule has 17 heavy (non-hydrogen) atoms. The molecule has 2 rings (SSSR count). The van der Waals surface area contributed by atoms with Crippen LogP contribution < -0.4 is 10.5 Å². The van der Waals surface area contributed by atoms with Crippen molar-refractivity contribution >= 4 is 22.1 Å². The van der Waals surface area contributed by atoms with Crippen molar-refractivity contribution in [1.82, 2.24) is 0 Å². The van der Waals surface area contributed by atoms with Crippen molar-refractivity contribution in [2.75, 3.05) is 5.73 Å². The van der Waals surface area contributed by atoms with Crippen LogP contribution in [0, 0.1) is 0 Å². The number of Topliss-reactive ketones (excluding diaryl/α,β-unsaturated/α-hetero) is 1.